The number of anilines is 1. The first-order valence-corrected chi connectivity index (χ1v) is 11.3. The highest BCUT2D eigenvalue weighted by molar-refractivity contribution is 5.80. The summed E-state index contributed by atoms with van der Waals surface area (Å²) in [6.45, 7) is 5.26. The Hall–Kier alpha value is -3.97. The van der Waals surface area contributed by atoms with Gasteiger partial charge in [0.15, 0.2) is 5.65 Å². The number of aromatic nitrogens is 6. The number of benzene rings is 1. The number of piperidine rings is 1. The fraction of sp³-hybridized carbons (Fsp3) is 0.375. The van der Waals surface area contributed by atoms with Gasteiger partial charge >= 0.3 is 5.69 Å². The lowest BCUT2D eigenvalue weighted by molar-refractivity contribution is 0.485. The summed E-state index contributed by atoms with van der Waals surface area (Å²) in [7, 11) is 0. The minimum absolute atomic E-state index is 0.0318. The van der Waals surface area contributed by atoms with Crippen LogP contribution in [0.25, 0.3) is 16.6 Å². The monoisotopic (exact) mass is 458 g/mol. The Bertz CT molecular complexity index is 1570. The highest BCUT2D eigenvalue weighted by Gasteiger charge is 2.24. The normalized spacial score (nSPS) is 16.1. The largest absolute Gasteiger partial charge is 0.352 e. The van der Waals surface area contributed by atoms with Crippen molar-refractivity contribution in [1.82, 2.24) is 28.7 Å². The molecule has 0 bridgehead atoms. The van der Waals surface area contributed by atoms with E-state index in [1.165, 1.54) is 10.6 Å². The van der Waals surface area contributed by atoms with E-state index in [1.54, 1.807) is 11.6 Å². The molecule has 0 saturated carbocycles. The van der Waals surface area contributed by atoms with Crippen molar-refractivity contribution in [2.45, 2.75) is 45.8 Å². The third kappa shape index (κ3) is 3.84. The van der Waals surface area contributed by atoms with Crippen LogP contribution in [-0.2, 0) is 13.1 Å². The zero-order valence-electron chi connectivity index (χ0n) is 19.2. The zero-order valence-corrected chi connectivity index (χ0v) is 19.2. The van der Waals surface area contributed by atoms with E-state index in [0.29, 0.717) is 18.3 Å². The fourth-order valence-electron chi connectivity index (χ4n) is 4.49. The van der Waals surface area contributed by atoms with Crippen molar-refractivity contribution in [2.75, 3.05) is 18.0 Å². The smallest absolute Gasteiger partial charge is 0.339 e. The van der Waals surface area contributed by atoms with Gasteiger partial charge in [0.2, 0.25) is 5.95 Å². The molecule has 1 aliphatic heterocycles. The van der Waals surface area contributed by atoms with Gasteiger partial charge in [0.05, 0.1) is 12.1 Å². The van der Waals surface area contributed by atoms with Crippen LogP contribution < -0.4 is 21.9 Å². The van der Waals surface area contributed by atoms with Gasteiger partial charge < -0.3 is 10.6 Å². The molecule has 1 aliphatic rings. The van der Waals surface area contributed by atoms with Crippen molar-refractivity contribution in [3.63, 3.8) is 0 Å². The third-order valence-electron chi connectivity index (χ3n) is 6.12. The molecule has 0 amide bonds. The van der Waals surface area contributed by atoms with E-state index in [0.717, 1.165) is 40.6 Å². The highest BCUT2D eigenvalue weighted by atomic mass is 16.2. The number of nitrogens with zero attached hydrogens (tertiary/aromatic N) is 7. The maximum atomic E-state index is 13.6. The molecular formula is C24H26N8O2. The van der Waals surface area contributed by atoms with Gasteiger partial charge in [-0.05, 0) is 32.8 Å². The Kier molecular flexibility index (Phi) is 5.63. The second kappa shape index (κ2) is 8.76. The minimum atomic E-state index is -0.505. The Morgan fingerprint density at radius 1 is 1.18 bits per heavy atom. The van der Waals surface area contributed by atoms with E-state index in [2.05, 4.69) is 31.7 Å². The molecule has 1 aromatic carbocycles. The number of hydrogen-bond acceptors (Lipinski definition) is 7. The maximum absolute atomic E-state index is 13.6. The van der Waals surface area contributed by atoms with Crippen molar-refractivity contribution in [1.29, 1.82) is 0 Å². The van der Waals surface area contributed by atoms with Gasteiger partial charge in [0.1, 0.15) is 12.4 Å². The van der Waals surface area contributed by atoms with Gasteiger partial charge in [0, 0.05) is 36.3 Å². The molecule has 5 rings (SSSR count). The van der Waals surface area contributed by atoms with Gasteiger partial charge in [-0.1, -0.05) is 24.1 Å². The molecule has 4 heterocycles. The van der Waals surface area contributed by atoms with Crippen molar-refractivity contribution >= 4 is 22.5 Å². The topological polar surface area (TPSA) is 116 Å². The number of para-hydroxylation sites is 1. The standard InChI is InChI=1S/C24H26N8O2/c1-3-4-12-31-23(29-11-7-8-17(25)14-29)28-21-13-22(33)30(24(34)32(21)31)15-20-26-16(2)18-9-5-6-10-19(18)27-20/h5-6,9-10,13,17H,7-8,11-12,14-15,25H2,1-2H3. The average Bonchev–Trinajstić information content (AvgIpc) is 3.18. The van der Waals surface area contributed by atoms with Crippen LogP contribution in [0.4, 0.5) is 5.95 Å². The van der Waals surface area contributed by atoms with Gasteiger partial charge in [-0.15, -0.1) is 5.92 Å². The number of aryl methyl sites for hydroxylation is 1. The summed E-state index contributed by atoms with van der Waals surface area (Å²) in [6, 6.07) is 9.06. The van der Waals surface area contributed by atoms with Crippen LogP contribution in [0.3, 0.4) is 0 Å². The zero-order chi connectivity index (χ0) is 23.8. The SMILES string of the molecule is CC#CCn1c(N2CCCC(N)C2)nc2cc(=O)n(Cc3nc(C)c4ccccc4n3)c(=O)n21. The van der Waals surface area contributed by atoms with E-state index in [1.807, 2.05) is 31.2 Å². The Balaban J connectivity index is 1.64. The maximum Gasteiger partial charge on any atom is 0.352 e. The number of nitrogens with two attached hydrogens (primary N) is 1. The van der Waals surface area contributed by atoms with Crippen LogP contribution in [-0.4, -0.2) is 47.8 Å². The van der Waals surface area contributed by atoms with Crippen LogP contribution >= 0.6 is 0 Å². The summed E-state index contributed by atoms with van der Waals surface area (Å²) in [5.74, 6) is 6.88. The quantitative estimate of drug-likeness (QED) is 0.452. The molecule has 10 nitrogen and oxygen atoms in total. The van der Waals surface area contributed by atoms with Crippen LogP contribution in [0.1, 0.15) is 31.3 Å². The molecule has 3 aromatic heterocycles. The lowest BCUT2D eigenvalue weighted by atomic mass is 10.1. The van der Waals surface area contributed by atoms with E-state index in [4.69, 9.17) is 5.73 Å². The predicted octanol–water partition coefficient (Wildman–Crippen LogP) is 0.908. The van der Waals surface area contributed by atoms with Gasteiger partial charge in [-0.3, -0.25) is 9.36 Å². The summed E-state index contributed by atoms with van der Waals surface area (Å²) in [6.07, 6.45) is 1.88. The Morgan fingerprint density at radius 2 is 2.00 bits per heavy atom. The highest BCUT2D eigenvalue weighted by Crippen LogP contribution is 2.19. The second-order valence-electron chi connectivity index (χ2n) is 8.51. The van der Waals surface area contributed by atoms with Crippen molar-refractivity contribution in [2.24, 2.45) is 5.73 Å². The first-order chi connectivity index (χ1) is 16.5. The summed E-state index contributed by atoms with van der Waals surface area (Å²) in [4.78, 5) is 42.3. The molecule has 174 valence electrons. The van der Waals surface area contributed by atoms with Crippen LogP contribution in [0.2, 0.25) is 0 Å². The summed E-state index contributed by atoms with van der Waals surface area (Å²) < 4.78 is 4.27. The number of fused-ring (bicyclic) bond motifs is 2. The number of rotatable bonds is 4. The molecule has 34 heavy (non-hydrogen) atoms. The molecule has 1 fully saturated rings. The Labute approximate surface area is 195 Å². The first-order valence-electron chi connectivity index (χ1n) is 11.3. The molecule has 1 unspecified atom stereocenters. The molecule has 0 spiro atoms. The lowest BCUT2D eigenvalue weighted by Gasteiger charge is -2.31. The second-order valence-corrected chi connectivity index (χ2v) is 8.51. The molecule has 10 heteroatoms. The van der Waals surface area contributed by atoms with Gasteiger partial charge in [-0.2, -0.15) is 9.50 Å². The molecule has 1 atom stereocenters. The van der Waals surface area contributed by atoms with Crippen LogP contribution in [0, 0.1) is 18.8 Å². The summed E-state index contributed by atoms with van der Waals surface area (Å²) in [5, 5.41) is 0.936. The molecule has 0 radical (unpaired) electrons. The van der Waals surface area contributed by atoms with Gasteiger partial charge in [0.25, 0.3) is 5.56 Å². The fourth-order valence-corrected chi connectivity index (χ4v) is 4.49. The van der Waals surface area contributed by atoms with Crippen LogP contribution in [0.5, 0.6) is 0 Å². The Morgan fingerprint density at radius 3 is 2.79 bits per heavy atom. The van der Waals surface area contributed by atoms with Crippen molar-refractivity contribution < 1.29 is 0 Å². The molecular weight excluding hydrogens is 432 g/mol. The minimum Gasteiger partial charge on any atom is -0.339 e. The van der Waals surface area contributed by atoms with Crippen molar-refractivity contribution in [3.8, 4) is 11.8 Å². The van der Waals surface area contributed by atoms with E-state index >= 15 is 0 Å². The first kappa shape index (κ1) is 21.9. The predicted molar refractivity (Wildman–Crippen MR) is 130 cm³/mol. The molecule has 0 aliphatic carbocycles. The summed E-state index contributed by atoms with van der Waals surface area (Å²) >= 11 is 0. The molecule has 4 aromatic rings. The van der Waals surface area contributed by atoms with E-state index < -0.39 is 11.2 Å². The molecule has 1 saturated heterocycles. The molecule has 2 N–H and O–H groups in total. The lowest BCUT2D eigenvalue weighted by Crippen LogP contribution is -2.44. The summed E-state index contributed by atoms with van der Waals surface area (Å²) in [5.41, 5.74) is 7.07. The van der Waals surface area contributed by atoms with Gasteiger partial charge in [-0.25, -0.2) is 19.4 Å². The number of hydrogen-bond donors (Lipinski definition) is 1. The average molecular weight is 459 g/mol. The van der Waals surface area contributed by atoms with E-state index in [-0.39, 0.29) is 24.8 Å². The van der Waals surface area contributed by atoms with Crippen molar-refractivity contribution in [3.05, 3.63) is 62.7 Å². The third-order valence-corrected chi connectivity index (χ3v) is 6.12. The van der Waals surface area contributed by atoms with E-state index in [9.17, 15) is 9.59 Å². The van der Waals surface area contributed by atoms with Crippen LogP contribution in [0.15, 0.2) is 39.9 Å².